The van der Waals surface area contributed by atoms with E-state index in [1.165, 1.54) is 49.0 Å². The molecule has 0 atom stereocenters. The highest BCUT2D eigenvalue weighted by atomic mass is 14.9. The van der Waals surface area contributed by atoms with Gasteiger partial charge in [-0.05, 0) is 61.1 Å². The molecule has 0 saturated carbocycles. The smallest absolute Gasteiger partial charge is 0.139 e. The quantitative estimate of drug-likeness (QED) is 0.191. The van der Waals surface area contributed by atoms with Crippen molar-refractivity contribution in [2.45, 2.75) is 0 Å². The first-order valence-corrected chi connectivity index (χ1v) is 13.3. The minimum atomic E-state index is 0.897. The van der Waals surface area contributed by atoms with Crippen molar-refractivity contribution in [3.63, 3.8) is 0 Å². The Balaban J connectivity index is 1.45. The summed E-state index contributed by atoms with van der Waals surface area (Å²) in [6.45, 7) is 0. The van der Waals surface area contributed by atoms with Gasteiger partial charge in [0.1, 0.15) is 5.82 Å². The highest BCUT2D eigenvalue weighted by Gasteiger charge is 2.17. The van der Waals surface area contributed by atoms with Crippen molar-refractivity contribution in [2.24, 2.45) is 0 Å². The molecule has 0 aliphatic rings. The summed E-state index contributed by atoms with van der Waals surface area (Å²) in [6, 6.07) is 49.7. The van der Waals surface area contributed by atoms with Crippen molar-refractivity contribution in [1.29, 1.82) is 0 Å². The van der Waals surface area contributed by atoms with Crippen LogP contribution in [-0.2, 0) is 0 Å². The molecule has 8 rings (SSSR count). The fourth-order valence-corrected chi connectivity index (χ4v) is 6.03. The van der Waals surface area contributed by atoms with Crippen LogP contribution in [-0.4, -0.2) is 9.97 Å². The Kier molecular flexibility index (Phi) is 4.86. The van der Waals surface area contributed by atoms with Gasteiger partial charge in [-0.1, -0.05) is 127 Å². The Bertz CT molecular complexity index is 2160. The first-order valence-electron chi connectivity index (χ1n) is 13.3. The van der Waals surface area contributed by atoms with Gasteiger partial charge in [0.15, 0.2) is 0 Å². The molecular weight excluding hydrogens is 472 g/mol. The molecule has 0 saturated heterocycles. The van der Waals surface area contributed by atoms with E-state index >= 15 is 0 Å². The maximum Gasteiger partial charge on any atom is 0.139 e. The molecule has 0 spiro atoms. The summed E-state index contributed by atoms with van der Waals surface area (Å²) in [6.07, 6.45) is 0. The van der Waals surface area contributed by atoms with Crippen LogP contribution >= 0.6 is 0 Å². The molecule has 0 aliphatic heterocycles. The normalized spacial score (nSPS) is 11.6. The van der Waals surface area contributed by atoms with Gasteiger partial charge in [-0.3, -0.25) is 0 Å². The highest BCUT2D eigenvalue weighted by molar-refractivity contribution is 6.21. The molecule has 2 heteroatoms. The summed E-state index contributed by atoms with van der Waals surface area (Å²) in [5, 5.41) is 7.36. The first kappa shape index (κ1) is 21.8. The molecular formula is C37H24N2. The van der Waals surface area contributed by atoms with E-state index in [1.807, 2.05) is 0 Å². The average molecular weight is 497 g/mol. The molecule has 1 aromatic heterocycles. The SMILES string of the molecule is c1ccc(-c2cccc3c2ccc2c(-c4nc5c(-c6ccccc6)cccc5[nH]4)c4ccccc4cc23)cc1. The van der Waals surface area contributed by atoms with E-state index in [-0.39, 0.29) is 0 Å². The molecule has 0 aliphatic carbocycles. The fourth-order valence-electron chi connectivity index (χ4n) is 6.03. The minimum absolute atomic E-state index is 0.897. The number of nitrogens with one attached hydrogen (secondary N) is 1. The number of para-hydroxylation sites is 1. The molecule has 0 unspecified atom stereocenters. The number of hydrogen-bond donors (Lipinski definition) is 1. The van der Waals surface area contributed by atoms with Crippen LogP contribution in [0.5, 0.6) is 0 Å². The first-order chi connectivity index (χ1) is 19.3. The summed E-state index contributed by atoms with van der Waals surface area (Å²) in [5.41, 5.74) is 7.97. The lowest BCUT2D eigenvalue weighted by molar-refractivity contribution is 1.35. The van der Waals surface area contributed by atoms with Crippen molar-refractivity contribution in [3.8, 4) is 33.6 Å². The molecule has 2 nitrogen and oxygen atoms in total. The van der Waals surface area contributed by atoms with Gasteiger partial charge < -0.3 is 4.98 Å². The van der Waals surface area contributed by atoms with E-state index in [0.717, 1.165) is 28.0 Å². The van der Waals surface area contributed by atoms with Crippen molar-refractivity contribution < 1.29 is 0 Å². The number of H-pyrrole nitrogens is 1. The molecule has 39 heavy (non-hydrogen) atoms. The lowest BCUT2D eigenvalue weighted by Gasteiger charge is -2.14. The van der Waals surface area contributed by atoms with E-state index in [1.54, 1.807) is 0 Å². The number of aromatic amines is 1. The number of benzene rings is 7. The van der Waals surface area contributed by atoms with Gasteiger partial charge in [0, 0.05) is 11.1 Å². The number of imidazole rings is 1. The van der Waals surface area contributed by atoms with Crippen LogP contribution in [0.3, 0.4) is 0 Å². The van der Waals surface area contributed by atoms with Gasteiger partial charge >= 0.3 is 0 Å². The third kappa shape index (κ3) is 3.46. The van der Waals surface area contributed by atoms with Gasteiger partial charge in [0.25, 0.3) is 0 Å². The molecule has 8 aromatic rings. The van der Waals surface area contributed by atoms with Crippen LogP contribution in [0.4, 0.5) is 0 Å². The summed E-state index contributed by atoms with van der Waals surface area (Å²) in [5.74, 6) is 0.897. The maximum atomic E-state index is 5.25. The summed E-state index contributed by atoms with van der Waals surface area (Å²) < 4.78 is 0. The van der Waals surface area contributed by atoms with Crippen molar-refractivity contribution >= 4 is 43.4 Å². The van der Waals surface area contributed by atoms with Gasteiger partial charge in [-0.15, -0.1) is 0 Å². The van der Waals surface area contributed by atoms with Crippen LogP contribution in [0, 0.1) is 0 Å². The Hall–Kier alpha value is -5.21. The summed E-state index contributed by atoms with van der Waals surface area (Å²) >= 11 is 0. The zero-order valence-corrected chi connectivity index (χ0v) is 21.2. The van der Waals surface area contributed by atoms with Gasteiger partial charge in [0.2, 0.25) is 0 Å². The number of fused-ring (bicyclic) bond motifs is 5. The highest BCUT2D eigenvalue weighted by Crippen LogP contribution is 2.41. The topological polar surface area (TPSA) is 28.7 Å². The molecule has 0 radical (unpaired) electrons. The minimum Gasteiger partial charge on any atom is -0.338 e. The molecule has 0 amide bonds. The average Bonchev–Trinajstić information content (AvgIpc) is 3.44. The van der Waals surface area contributed by atoms with E-state index in [4.69, 9.17) is 4.98 Å². The van der Waals surface area contributed by atoms with Crippen LogP contribution in [0.1, 0.15) is 0 Å². The Morgan fingerprint density at radius 2 is 1.08 bits per heavy atom. The second-order valence-electron chi connectivity index (χ2n) is 10.1. The van der Waals surface area contributed by atoms with E-state index < -0.39 is 0 Å². The lowest BCUT2D eigenvalue weighted by atomic mass is 9.90. The third-order valence-corrected chi connectivity index (χ3v) is 7.82. The Labute approximate surface area is 226 Å². The predicted octanol–water partition coefficient (Wildman–Crippen LogP) is 10.0. The number of rotatable bonds is 3. The fraction of sp³-hybridized carbons (Fsp3) is 0. The van der Waals surface area contributed by atoms with Crippen LogP contribution in [0.25, 0.3) is 77.0 Å². The van der Waals surface area contributed by atoms with E-state index in [0.29, 0.717) is 0 Å². The second kappa shape index (κ2) is 8.68. The summed E-state index contributed by atoms with van der Waals surface area (Å²) in [4.78, 5) is 8.93. The Morgan fingerprint density at radius 1 is 0.436 bits per heavy atom. The molecule has 182 valence electrons. The van der Waals surface area contributed by atoms with Gasteiger partial charge in [0.05, 0.1) is 11.0 Å². The zero-order valence-electron chi connectivity index (χ0n) is 21.2. The van der Waals surface area contributed by atoms with Crippen LogP contribution in [0.2, 0.25) is 0 Å². The van der Waals surface area contributed by atoms with Gasteiger partial charge in [-0.2, -0.15) is 0 Å². The lowest BCUT2D eigenvalue weighted by Crippen LogP contribution is -1.89. The second-order valence-corrected chi connectivity index (χ2v) is 10.1. The summed E-state index contributed by atoms with van der Waals surface area (Å²) in [7, 11) is 0. The zero-order chi connectivity index (χ0) is 25.8. The molecule has 1 heterocycles. The monoisotopic (exact) mass is 496 g/mol. The molecule has 1 N–H and O–H groups in total. The van der Waals surface area contributed by atoms with Crippen molar-refractivity contribution in [2.75, 3.05) is 0 Å². The van der Waals surface area contributed by atoms with Crippen LogP contribution < -0.4 is 0 Å². The maximum absolute atomic E-state index is 5.25. The molecule has 0 bridgehead atoms. The number of aromatic nitrogens is 2. The van der Waals surface area contributed by atoms with E-state index in [2.05, 4.69) is 145 Å². The molecule has 7 aromatic carbocycles. The number of nitrogens with zero attached hydrogens (tertiary/aromatic N) is 1. The van der Waals surface area contributed by atoms with Crippen molar-refractivity contribution in [3.05, 3.63) is 140 Å². The van der Waals surface area contributed by atoms with Gasteiger partial charge in [-0.25, -0.2) is 4.98 Å². The molecule has 0 fully saturated rings. The van der Waals surface area contributed by atoms with E-state index in [9.17, 15) is 0 Å². The van der Waals surface area contributed by atoms with Crippen LogP contribution in [0.15, 0.2) is 140 Å². The van der Waals surface area contributed by atoms with Crippen molar-refractivity contribution in [1.82, 2.24) is 9.97 Å². The third-order valence-electron chi connectivity index (χ3n) is 7.82. The standard InChI is InChI=1S/C37H24N2/c1-3-11-24(12-4-1)27-17-9-19-30-31(27)21-22-32-33(30)23-26-15-7-8-16-28(26)35(32)37-38-34-20-10-18-29(36(34)39-37)25-13-5-2-6-14-25/h1-23H,(H,38,39). The largest absolute Gasteiger partial charge is 0.338 e. The number of hydrogen-bond acceptors (Lipinski definition) is 1. The Morgan fingerprint density at radius 3 is 1.90 bits per heavy atom. The predicted molar refractivity (Wildman–Crippen MR) is 165 cm³/mol.